The first-order valence-corrected chi connectivity index (χ1v) is 5.66. The highest BCUT2D eigenvalue weighted by Crippen LogP contribution is 2.19. The molecule has 0 spiro atoms. The minimum atomic E-state index is -0.469. The summed E-state index contributed by atoms with van der Waals surface area (Å²) in [5, 5.41) is 9.72. The summed E-state index contributed by atoms with van der Waals surface area (Å²) >= 11 is 0. The fourth-order valence-corrected chi connectivity index (χ4v) is 1.77. The standard InChI is InChI=1S/C11H23NO2/c1-3-4-8-14-9-7-12-6-5-11(2,13)10-12/h13H,3-10H2,1-2H3. The van der Waals surface area contributed by atoms with Crippen molar-refractivity contribution in [3.8, 4) is 0 Å². The average Bonchev–Trinajstić information content (AvgIpc) is 2.45. The van der Waals surface area contributed by atoms with E-state index in [9.17, 15) is 5.11 Å². The molecule has 0 aliphatic carbocycles. The molecule has 0 radical (unpaired) electrons. The number of likely N-dealkylation sites (tertiary alicyclic amines) is 1. The summed E-state index contributed by atoms with van der Waals surface area (Å²) in [5.41, 5.74) is -0.469. The van der Waals surface area contributed by atoms with Crippen LogP contribution >= 0.6 is 0 Å². The molecular formula is C11H23NO2. The number of hydrogen-bond acceptors (Lipinski definition) is 3. The maximum absolute atomic E-state index is 9.72. The van der Waals surface area contributed by atoms with Crippen LogP contribution in [0, 0.1) is 0 Å². The van der Waals surface area contributed by atoms with Gasteiger partial charge >= 0.3 is 0 Å². The molecule has 0 aromatic carbocycles. The summed E-state index contributed by atoms with van der Waals surface area (Å²) in [6.45, 7) is 8.51. The monoisotopic (exact) mass is 201 g/mol. The van der Waals surface area contributed by atoms with Crippen LogP contribution < -0.4 is 0 Å². The molecule has 3 nitrogen and oxygen atoms in total. The number of hydrogen-bond donors (Lipinski definition) is 1. The van der Waals surface area contributed by atoms with Crippen LogP contribution in [0.25, 0.3) is 0 Å². The summed E-state index contributed by atoms with van der Waals surface area (Å²) in [5.74, 6) is 0. The van der Waals surface area contributed by atoms with Crippen molar-refractivity contribution in [1.82, 2.24) is 4.90 Å². The molecule has 3 heteroatoms. The van der Waals surface area contributed by atoms with Crippen LogP contribution in [-0.2, 0) is 4.74 Å². The van der Waals surface area contributed by atoms with Gasteiger partial charge in [-0.15, -0.1) is 0 Å². The lowest BCUT2D eigenvalue weighted by Gasteiger charge is -2.18. The molecule has 0 amide bonds. The third-order valence-electron chi connectivity index (χ3n) is 2.72. The van der Waals surface area contributed by atoms with E-state index in [2.05, 4.69) is 11.8 Å². The van der Waals surface area contributed by atoms with E-state index in [4.69, 9.17) is 4.74 Å². The quantitative estimate of drug-likeness (QED) is 0.657. The zero-order valence-corrected chi connectivity index (χ0v) is 9.46. The molecule has 0 bridgehead atoms. The van der Waals surface area contributed by atoms with Gasteiger partial charge < -0.3 is 9.84 Å². The third kappa shape index (κ3) is 4.40. The van der Waals surface area contributed by atoms with Crippen molar-refractivity contribution in [3.63, 3.8) is 0 Å². The van der Waals surface area contributed by atoms with Gasteiger partial charge in [0.1, 0.15) is 0 Å². The van der Waals surface area contributed by atoms with Crippen LogP contribution in [0.3, 0.4) is 0 Å². The summed E-state index contributed by atoms with van der Waals surface area (Å²) in [6, 6.07) is 0. The molecule has 0 aromatic rings. The van der Waals surface area contributed by atoms with Crippen LogP contribution in [-0.4, -0.2) is 48.5 Å². The van der Waals surface area contributed by atoms with Gasteiger partial charge in [0.05, 0.1) is 12.2 Å². The van der Waals surface area contributed by atoms with Gasteiger partial charge in [0.25, 0.3) is 0 Å². The molecule has 0 saturated carbocycles. The number of nitrogens with zero attached hydrogens (tertiary/aromatic N) is 1. The Bertz CT molecular complexity index is 159. The Morgan fingerprint density at radius 1 is 1.43 bits per heavy atom. The number of unbranched alkanes of at least 4 members (excludes halogenated alkanes) is 1. The lowest BCUT2D eigenvalue weighted by molar-refractivity contribution is 0.0597. The Labute approximate surface area is 87.1 Å². The predicted octanol–water partition coefficient (Wildman–Crippen LogP) is 1.26. The summed E-state index contributed by atoms with van der Waals surface area (Å²) in [4.78, 5) is 2.27. The van der Waals surface area contributed by atoms with E-state index in [0.29, 0.717) is 0 Å². The van der Waals surface area contributed by atoms with Gasteiger partial charge in [-0.1, -0.05) is 13.3 Å². The molecule has 1 fully saturated rings. The Hall–Kier alpha value is -0.120. The third-order valence-corrected chi connectivity index (χ3v) is 2.72. The second-order valence-corrected chi connectivity index (χ2v) is 4.49. The molecule has 1 rings (SSSR count). The SMILES string of the molecule is CCCCOCCN1CCC(C)(O)C1. The van der Waals surface area contributed by atoms with E-state index >= 15 is 0 Å². The van der Waals surface area contributed by atoms with E-state index in [-0.39, 0.29) is 0 Å². The first kappa shape index (κ1) is 12.0. The topological polar surface area (TPSA) is 32.7 Å². The maximum atomic E-state index is 9.72. The van der Waals surface area contributed by atoms with Gasteiger partial charge in [-0.3, -0.25) is 4.90 Å². The smallest absolute Gasteiger partial charge is 0.0758 e. The Morgan fingerprint density at radius 3 is 2.79 bits per heavy atom. The molecular weight excluding hydrogens is 178 g/mol. The molecule has 1 heterocycles. The Balaban J connectivity index is 1.98. The van der Waals surface area contributed by atoms with E-state index in [1.807, 2.05) is 6.92 Å². The molecule has 1 atom stereocenters. The molecule has 1 unspecified atom stereocenters. The van der Waals surface area contributed by atoms with E-state index < -0.39 is 5.60 Å². The minimum absolute atomic E-state index is 0.469. The van der Waals surface area contributed by atoms with Crippen LogP contribution in [0.4, 0.5) is 0 Å². The van der Waals surface area contributed by atoms with Gasteiger partial charge in [0.15, 0.2) is 0 Å². The predicted molar refractivity (Wildman–Crippen MR) is 57.4 cm³/mol. The fraction of sp³-hybridized carbons (Fsp3) is 1.00. The normalized spacial score (nSPS) is 28.5. The highest BCUT2D eigenvalue weighted by atomic mass is 16.5. The lowest BCUT2D eigenvalue weighted by Crippen LogP contribution is -2.31. The van der Waals surface area contributed by atoms with E-state index in [1.54, 1.807) is 0 Å². The van der Waals surface area contributed by atoms with E-state index in [0.717, 1.165) is 45.7 Å². The Kier molecular flexibility index (Phi) is 4.85. The van der Waals surface area contributed by atoms with Crippen LogP contribution in [0.1, 0.15) is 33.1 Å². The minimum Gasteiger partial charge on any atom is -0.389 e. The Morgan fingerprint density at radius 2 is 2.21 bits per heavy atom. The first-order chi connectivity index (χ1) is 6.64. The van der Waals surface area contributed by atoms with Crippen LogP contribution in [0.15, 0.2) is 0 Å². The molecule has 0 aromatic heterocycles. The average molecular weight is 201 g/mol. The molecule has 14 heavy (non-hydrogen) atoms. The van der Waals surface area contributed by atoms with Gasteiger partial charge in [-0.2, -0.15) is 0 Å². The van der Waals surface area contributed by atoms with Crippen LogP contribution in [0.5, 0.6) is 0 Å². The van der Waals surface area contributed by atoms with Gasteiger partial charge in [0, 0.05) is 26.2 Å². The first-order valence-electron chi connectivity index (χ1n) is 5.66. The van der Waals surface area contributed by atoms with Gasteiger partial charge in [-0.05, 0) is 19.8 Å². The van der Waals surface area contributed by atoms with E-state index in [1.165, 1.54) is 6.42 Å². The fourth-order valence-electron chi connectivity index (χ4n) is 1.77. The lowest BCUT2D eigenvalue weighted by atomic mass is 10.1. The van der Waals surface area contributed by atoms with Crippen molar-refractivity contribution < 1.29 is 9.84 Å². The van der Waals surface area contributed by atoms with Crippen molar-refractivity contribution >= 4 is 0 Å². The highest BCUT2D eigenvalue weighted by Gasteiger charge is 2.30. The van der Waals surface area contributed by atoms with Gasteiger partial charge in [0.2, 0.25) is 0 Å². The van der Waals surface area contributed by atoms with Gasteiger partial charge in [-0.25, -0.2) is 0 Å². The number of β-amino-alcohol motifs (C(OH)–C–C–N with tert-alkyl or cyclic N) is 1. The second kappa shape index (κ2) is 5.69. The highest BCUT2D eigenvalue weighted by molar-refractivity contribution is 4.85. The summed E-state index contributed by atoms with van der Waals surface area (Å²) < 4.78 is 5.48. The number of aliphatic hydroxyl groups is 1. The molecule has 84 valence electrons. The maximum Gasteiger partial charge on any atom is 0.0758 e. The van der Waals surface area contributed by atoms with Crippen molar-refractivity contribution in [2.75, 3.05) is 32.8 Å². The molecule has 1 N–H and O–H groups in total. The summed E-state index contributed by atoms with van der Waals surface area (Å²) in [6.07, 6.45) is 3.23. The number of ether oxygens (including phenoxy) is 1. The molecule has 1 saturated heterocycles. The number of rotatable bonds is 6. The zero-order valence-electron chi connectivity index (χ0n) is 9.46. The largest absolute Gasteiger partial charge is 0.389 e. The summed E-state index contributed by atoms with van der Waals surface area (Å²) in [7, 11) is 0. The van der Waals surface area contributed by atoms with Crippen molar-refractivity contribution in [2.45, 2.75) is 38.7 Å². The molecule has 1 aliphatic rings. The zero-order chi connectivity index (χ0) is 10.4. The van der Waals surface area contributed by atoms with Crippen molar-refractivity contribution in [2.24, 2.45) is 0 Å². The van der Waals surface area contributed by atoms with Crippen LogP contribution in [0.2, 0.25) is 0 Å². The second-order valence-electron chi connectivity index (χ2n) is 4.49. The van der Waals surface area contributed by atoms with Crippen molar-refractivity contribution in [1.29, 1.82) is 0 Å². The molecule has 1 aliphatic heterocycles. The van der Waals surface area contributed by atoms with Crippen molar-refractivity contribution in [3.05, 3.63) is 0 Å².